The number of carbonyl (C=O) groups excluding carboxylic acids is 1. The molecule has 1 saturated heterocycles. The summed E-state index contributed by atoms with van der Waals surface area (Å²) in [6.07, 6.45) is 6.54. The van der Waals surface area contributed by atoms with E-state index in [0.29, 0.717) is 12.2 Å². The minimum Gasteiger partial charge on any atom is -0.482 e. The lowest BCUT2D eigenvalue weighted by Crippen LogP contribution is -2.49. The summed E-state index contributed by atoms with van der Waals surface area (Å²) in [6, 6.07) is 8.09. The van der Waals surface area contributed by atoms with Crippen LogP contribution in [-0.2, 0) is 4.79 Å². The third kappa shape index (κ3) is 2.57. The van der Waals surface area contributed by atoms with Crippen LogP contribution in [0.1, 0.15) is 24.8 Å². The zero-order chi connectivity index (χ0) is 14.0. The molecule has 0 unspecified atom stereocenters. The van der Waals surface area contributed by atoms with E-state index in [0.717, 1.165) is 37.2 Å². The van der Waals surface area contributed by atoms with Crippen LogP contribution >= 0.6 is 12.6 Å². The number of hydrogen-bond acceptors (Lipinski definition) is 3. The quantitative estimate of drug-likeness (QED) is 0.848. The van der Waals surface area contributed by atoms with Crippen molar-refractivity contribution >= 4 is 24.6 Å². The summed E-state index contributed by atoms with van der Waals surface area (Å²) in [4.78, 5) is 13.8. The van der Waals surface area contributed by atoms with E-state index in [4.69, 9.17) is 4.74 Å². The molecule has 3 rings (SSSR count). The molecule has 20 heavy (non-hydrogen) atoms. The molecule has 2 aliphatic rings. The number of carbonyl (C=O) groups is 1. The first kappa shape index (κ1) is 13.6. The molecular formula is C16H19NO2S. The lowest BCUT2D eigenvalue weighted by atomic mass is 9.88. The molecule has 106 valence electrons. The molecule has 1 spiro atoms. The van der Waals surface area contributed by atoms with E-state index in [9.17, 15) is 4.79 Å². The predicted molar refractivity (Wildman–Crippen MR) is 83.1 cm³/mol. The molecule has 1 fully saturated rings. The number of likely N-dealkylation sites (tertiary alicyclic amines) is 1. The summed E-state index contributed by atoms with van der Waals surface area (Å²) in [5.74, 6) is 1.77. The Bertz CT molecular complexity index is 533. The summed E-state index contributed by atoms with van der Waals surface area (Å²) in [5, 5.41) is 0. The highest BCUT2D eigenvalue weighted by Gasteiger charge is 2.37. The molecule has 1 amide bonds. The van der Waals surface area contributed by atoms with Crippen molar-refractivity contribution in [2.24, 2.45) is 0 Å². The second-order valence-electron chi connectivity index (χ2n) is 5.39. The Kier molecular flexibility index (Phi) is 3.74. The standard InChI is InChI=1S/C16H19NO2S/c18-15(6-12-20)17-10-8-16(9-11-17)7-5-13-3-1-2-4-14(13)19-16/h1-5,7,20H,6,8-12H2. The first-order chi connectivity index (χ1) is 9.72. The van der Waals surface area contributed by atoms with Crippen LogP contribution in [0.5, 0.6) is 5.75 Å². The molecule has 4 heteroatoms. The van der Waals surface area contributed by atoms with Crippen molar-refractivity contribution in [2.75, 3.05) is 18.8 Å². The van der Waals surface area contributed by atoms with E-state index in [-0.39, 0.29) is 11.5 Å². The van der Waals surface area contributed by atoms with Crippen LogP contribution in [0.3, 0.4) is 0 Å². The zero-order valence-corrected chi connectivity index (χ0v) is 12.3. The Morgan fingerprint density at radius 3 is 2.80 bits per heavy atom. The molecule has 0 aliphatic carbocycles. The summed E-state index contributed by atoms with van der Waals surface area (Å²) >= 11 is 4.12. The fraction of sp³-hybridized carbons (Fsp3) is 0.438. The molecule has 0 N–H and O–H groups in total. The van der Waals surface area contributed by atoms with E-state index in [1.54, 1.807) is 0 Å². The van der Waals surface area contributed by atoms with Crippen LogP contribution < -0.4 is 4.74 Å². The highest BCUT2D eigenvalue weighted by atomic mass is 32.1. The van der Waals surface area contributed by atoms with Gasteiger partial charge in [0, 0.05) is 37.9 Å². The maximum absolute atomic E-state index is 11.9. The topological polar surface area (TPSA) is 29.5 Å². The Morgan fingerprint density at radius 1 is 1.30 bits per heavy atom. The van der Waals surface area contributed by atoms with Gasteiger partial charge in [0.2, 0.25) is 5.91 Å². The Balaban J connectivity index is 1.68. The molecular weight excluding hydrogens is 270 g/mol. The Labute approximate surface area is 125 Å². The summed E-state index contributed by atoms with van der Waals surface area (Å²) in [6.45, 7) is 1.53. The number of rotatable bonds is 2. The van der Waals surface area contributed by atoms with Gasteiger partial charge in [0.05, 0.1) is 0 Å². The van der Waals surface area contributed by atoms with Crippen LogP contribution in [-0.4, -0.2) is 35.3 Å². The van der Waals surface area contributed by atoms with Gasteiger partial charge in [0.25, 0.3) is 0 Å². The van der Waals surface area contributed by atoms with Gasteiger partial charge >= 0.3 is 0 Å². The lowest BCUT2D eigenvalue weighted by molar-refractivity contribution is -0.133. The summed E-state index contributed by atoms with van der Waals surface area (Å²) < 4.78 is 6.21. The fourth-order valence-electron chi connectivity index (χ4n) is 2.86. The van der Waals surface area contributed by atoms with Gasteiger partial charge in [0.15, 0.2) is 0 Å². The normalized spacial score (nSPS) is 19.6. The number of nitrogens with zero attached hydrogens (tertiary/aromatic N) is 1. The number of fused-ring (bicyclic) bond motifs is 1. The largest absolute Gasteiger partial charge is 0.482 e. The highest BCUT2D eigenvalue weighted by molar-refractivity contribution is 7.80. The highest BCUT2D eigenvalue weighted by Crippen LogP contribution is 2.36. The van der Waals surface area contributed by atoms with Gasteiger partial charge in [-0.3, -0.25) is 4.79 Å². The summed E-state index contributed by atoms with van der Waals surface area (Å²) in [7, 11) is 0. The summed E-state index contributed by atoms with van der Waals surface area (Å²) in [5.41, 5.74) is 0.901. The van der Waals surface area contributed by atoms with Crippen LogP contribution in [0.2, 0.25) is 0 Å². The molecule has 1 aromatic rings. The van der Waals surface area contributed by atoms with Gasteiger partial charge in [-0.15, -0.1) is 0 Å². The van der Waals surface area contributed by atoms with Crippen molar-refractivity contribution in [2.45, 2.75) is 24.9 Å². The predicted octanol–water partition coefficient (Wildman–Crippen LogP) is 2.77. The third-order valence-corrected chi connectivity index (χ3v) is 4.31. The second-order valence-corrected chi connectivity index (χ2v) is 5.84. The van der Waals surface area contributed by atoms with Crippen molar-refractivity contribution in [1.29, 1.82) is 0 Å². The van der Waals surface area contributed by atoms with Gasteiger partial charge in [-0.05, 0) is 17.9 Å². The van der Waals surface area contributed by atoms with Crippen LogP contribution in [0.15, 0.2) is 30.3 Å². The van der Waals surface area contributed by atoms with Gasteiger partial charge in [-0.2, -0.15) is 12.6 Å². The van der Waals surface area contributed by atoms with E-state index in [1.165, 1.54) is 0 Å². The first-order valence-corrected chi connectivity index (χ1v) is 7.72. The number of benzene rings is 1. The van der Waals surface area contributed by atoms with Crippen molar-refractivity contribution in [3.63, 3.8) is 0 Å². The van der Waals surface area contributed by atoms with E-state index >= 15 is 0 Å². The Morgan fingerprint density at radius 2 is 2.05 bits per heavy atom. The van der Waals surface area contributed by atoms with Crippen molar-refractivity contribution in [1.82, 2.24) is 4.90 Å². The molecule has 0 radical (unpaired) electrons. The number of para-hydroxylation sites is 1. The molecule has 0 saturated carbocycles. The van der Waals surface area contributed by atoms with Gasteiger partial charge in [-0.1, -0.05) is 24.3 Å². The van der Waals surface area contributed by atoms with E-state index < -0.39 is 0 Å². The molecule has 1 aromatic carbocycles. The van der Waals surface area contributed by atoms with Crippen molar-refractivity contribution in [3.05, 3.63) is 35.9 Å². The minimum absolute atomic E-state index is 0.204. The Hall–Kier alpha value is -1.42. The monoisotopic (exact) mass is 289 g/mol. The van der Waals surface area contributed by atoms with Gasteiger partial charge < -0.3 is 9.64 Å². The molecule has 0 bridgehead atoms. The van der Waals surface area contributed by atoms with E-state index in [1.807, 2.05) is 23.1 Å². The number of hydrogen-bond donors (Lipinski definition) is 1. The number of thiol groups is 1. The molecule has 2 heterocycles. The minimum atomic E-state index is -0.230. The first-order valence-electron chi connectivity index (χ1n) is 7.08. The average molecular weight is 289 g/mol. The molecule has 0 atom stereocenters. The number of ether oxygens (including phenoxy) is 1. The van der Waals surface area contributed by atoms with E-state index in [2.05, 4.69) is 30.8 Å². The van der Waals surface area contributed by atoms with Crippen LogP contribution in [0.4, 0.5) is 0 Å². The maximum Gasteiger partial charge on any atom is 0.223 e. The smallest absolute Gasteiger partial charge is 0.223 e. The zero-order valence-electron chi connectivity index (χ0n) is 11.4. The van der Waals surface area contributed by atoms with Gasteiger partial charge in [0.1, 0.15) is 11.4 Å². The molecule has 0 aromatic heterocycles. The van der Waals surface area contributed by atoms with Crippen molar-refractivity contribution in [3.8, 4) is 5.75 Å². The third-order valence-electron chi connectivity index (χ3n) is 4.09. The number of amides is 1. The maximum atomic E-state index is 11.9. The second kappa shape index (κ2) is 5.52. The fourth-order valence-corrected chi connectivity index (χ4v) is 3.05. The number of piperidine rings is 1. The van der Waals surface area contributed by atoms with Crippen molar-refractivity contribution < 1.29 is 9.53 Å². The van der Waals surface area contributed by atoms with Crippen LogP contribution in [0, 0.1) is 0 Å². The molecule has 3 nitrogen and oxygen atoms in total. The lowest BCUT2D eigenvalue weighted by Gasteiger charge is -2.42. The van der Waals surface area contributed by atoms with Gasteiger partial charge in [-0.25, -0.2) is 0 Å². The van der Waals surface area contributed by atoms with Crippen LogP contribution in [0.25, 0.3) is 6.08 Å². The molecule has 2 aliphatic heterocycles. The average Bonchev–Trinajstić information content (AvgIpc) is 2.48. The SMILES string of the molecule is O=C(CCS)N1CCC2(C=Cc3ccccc3O2)CC1.